The number of carboxylic acids is 1. The SMILES string of the molecule is CCC(SCCS(=O)(=O)c1ccc(Br)cc1)C(=O)O. The molecule has 19 heavy (non-hydrogen) atoms. The predicted octanol–water partition coefficient (Wildman–Crippen LogP) is 2.82. The number of hydrogen-bond acceptors (Lipinski definition) is 4. The monoisotopic (exact) mass is 366 g/mol. The Kier molecular flexibility index (Phi) is 6.35. The lowest BCUT2D eigenvalue weighted by Crippen LogP contribution is -2.18. The van der Waals surface area contributed by atoms with Crippen molar-refractivity contribution in [3.05, 3.63) is 28.7 Å². The van der Waals surface area contributed by atoms with Crippen LogP contribution in [0.5, 0.6) is 0 Å². The van der Waals surface area contributed by atoms with Crippen molar-refractivity contribution in [2.24, 2.45) is 0 Å². The summed E-state index contributed by atoms with van der Waals surface area (Å²) < 4.78 is 24.8. The van der Waals surface area contributed by atoms with E-state index in [0.29, 0.717) is 6.42 Å². The zero-order valence-corrected chi connectivity index (χ0v) is 13.6. The summed E-state index contributed by atoms with van der Waals surface area (Å²) in [5, 5.41) is 8.33. The van der Waals surface area contributed by atoms with Gasteiger partial charge in [0.15, 0.2) is 9.84 Å². The third-order valence-electron chi connectivity index (χ3n) is 2.49. The Hall–Kier alpha value is -0.530. The third-order valence-corrected chi connectivity index (χ3v) is 6.39. The molecule has 0 spiro atoms. The van der Waals surface area contributed by atoms with Gasteiger partial charge in [0, 0.05) is 10.2 Å². The van der Waals surface area contributed by atoms with Crippen LogP contribution >= 0.6 is 27.7 Å². The molecule has 0 aliphatic heterocycles. The number of benzene rings is 1. The van der Waals surface area contributed by atoms with Gasteiger partial charge in [0.05, 0.1) is 10.6 Å². The summed E-state index contributed by atoms with van der Waals surface area (Å²) in [4.78, 5) is 11.1. The van der Waals surface area contributed by atoms with E-state index < -0.39 is 21.1 Å². The molecule has 0 amide bonds. The first-order valence-corrected chi connectivity index (χ1v) is 9.19. The van der Waals surface area contributed by atoms with Gasteiger partial charge in [-0.3, -0.25) is 4.79 Å². The summed E-state index contributed by atoms with van der Waals surface area (Å²) in [7, 11) is -3.34. The first kappa shape index (κ1) is 16.5. The molecule has 0 bridgehead atoms. The molecule has 0 aromatic heterocycles. The first-order chi connectivity index (χ1) is 8.86. The highest BCUT2D eigenvalue weighted by atomic mass is 79.9. The van der Waals surface area contributed by atoms with Crippen LogP contribution in [0.1, 0.15) is 13.3 Å². The number of hydrogen-bond donors (Lipinski definition) is 1. The van der Waals surface area contributed by atoms with E-state index in [9.17, 15) is 13.2 Å². The van der Waals surface area contributed by atoms with Crippen LogP contribution in [-0.4, -0.2) is 36.2 Å². The molecule has 0 heterocycles. The maximum atomic E-state index is 12.0. The molecule has 0 saturated carbocycles. The number of halogens is 1. The maximum Gasteiger partial charge on any atom is 0.316 e. The molecular weight excluding hydrogens is 352 g/mol. The predicted molar refractivity (Wildman–Crippen MR) is 80.4 cm³/mol. The van der Waals surface area contributed by atoms with Gasteiger partial charge in [-0.05, 0) is 30.7 Å². The summed E-state index contributed by atoms with van der Waals surface area (Å²) in [6.45, 7) is 1.77. The number of rotatable bonds is 7. The minimum atomic E-state index is -3.34. The highest BCUT2D eigenvalue weighted by molar-refractivity contribution is 9.10. The van der Waals surface area contributed by atoms with E-state index in [0.717, 1.165) is 4.47 Å². The standard InChI is InChI=1S/C12H15BrO4S2/c1-2-11(12(14)15)18-7-8-19(16,17)10-5-3-9(13)4-6-10/h3-6,11H,2,7-8H2,1H3,(H,14,15). The van der Waals surface area contributed by atoms with Gasteiger partial charge in [0.2, 0.25) is 0 Å². The molecule has 0 radical (unpaired) electrons. The second-order valence-corrected chi connectivity index (χ2v) is 8.21. The average Bonchev–Trinajstić information content (AvgIpc) is 2.34. The van der Waals surface area contributed by atoms with Gasteiger partial charge in [0.25, 0.3) is 0 Å². The number of thioether (sulfide) groups is 1. The second-order valence-electron chi connectivity index (χ2n) is 3.88. The van der Waals surface area contributed by atoms with Gasteiger partial charge in [-0.15, -0.1) is 11.8 Å². The van der Waals surface area contributed by atoms with E-state index in [2.05, 4.69) is 15.9 Å². The number of carboxylic acid groups (broad SMARTS) is 1. The van der Waals surface area contributed by atoms with Crippen LogP contribution in [0.25, 0.3) is 0 Å². The van der Waals surface area contributed by atoms with Crippen molar-refractivity contribution in [1.29, 1.82) is 0 Å². The van der Waals surface area contributed by atoms with Crippen molar-refractivity contribution in [2.45, 2.75) is 23.5 Å². The zero-order valence-electron chi connectivity index (χ0n) is 10.4. The maximum absolute atomic E-state index is 12.0. The van der Waals surface area contributed by atoms with Crippen LogP contribution in [0.2, 0.25) is 0 Å². The van der Waals surface area contributed by atoms with Crippen LogP contribution in [-0.2, 0) is 14.6 Å². The van der Waals surface area contributed by atoms with Gasteiger partial charge in [-0.2, -0.15) is 0 Å². The van der Waals surface area contributed by atoms with Crippen molar-refractivity contribution < 1.29 is 18.3 Å². The summed E-state index contributed by atoms with van der Waals surface area (Å²) in [5.74, 6) is -0.666. The molecule has 4 nitrogen and oxygen atoms in total. The Morgan fingerprint density at radius 1 is 1.37 bits per heavy atom. The van der Waals surface area contributed by atoms with Crippen molar-refractivity contribution in [1.82, 2.24) is 0 Å². The fourth-order valence-corrected chi connectivity index (χ4v) is 4.40. The minimum absolute atomic E-state index is 0.0525. The van der Waals surface area contributed by atoms with Crippen LogP contribution in [0, 0.1) is 0 Å². The fourth-order valence-electron chi connectivity index (χ4n) is 1.42. The highest BCUT2D eigenvalue weighted by Crippen LogP contribution is 2.19. The van der Waals surface area contributed by atoms with E-state index in [-0.39, 0.29) is 16.4 Å². The smallest absolute Gasteiger partial charge is 0.316 e. The quantitative estimate of drug-likeness (QED) is 0.803. The molecule has 1 rings (SSSR count). The molecule has 7 heteroatoms. The van der Waals surface area contributed by atoms with Gasteiger partial charge in [0.1, 0.15) is 5.25 Å². The van der Waals surface area contributed by atoms with Crippen molar-refractivity contribution >= 4 is 43.5 Å². The second kappa shape index (κ2) is 7.31. The summed E-state index contributed by atoms with van der Waals surface area (Å²) in [6.07, 6.45) is 0.484. The Morgan fingerprint density at radius 3 is 2.42 bits per heavy atom. The van der Waals surface area contributed by atoms with Crippen molar-refractivity contribution in [2.75, 3.05) is 11.5 Å². The van der Waals surface area contributed by atoms with Gasteiger partial charge in [-0.25, -0.2) is 8.42 Å². The lowest BCUT2D eigenvalue weighted by Gasteiger charge is -2.09. The molecule has 1 aromatic rings. The van der Waals surface area contributed by atoms with E-state index in [1.807, 2.05) is 0 Å². The lowest BCUT2D eigenvalue weighted by atomic mass is 10.3. The van der Waals surface area contributed by atoms with Crippen LogP contribution < -0.4 is 0 Å². The van der Waals surface area contributed by atoms with Gasteiger partial charge < -0.3 is 5.11 Å². The average molecular weight is 367 g/mol. The molecule has 106 valence electrons. The van der Waals surface area contributed by atoms with Crippen LogP contribution in [0.15, 0.2) is 33.6 Å². The molecule has 0 fully saturated rings. The molecule has 0 aliphatic carbocycles. The highest BCUT2D eigenvalue weighted by Gasteiger charge is 2.18. The Labute approximate surface area is 125 Å². The van der Waals surface area contributed by atoms with E-state index >= 15 is 0 Å². The largest absolute Gasteiger partial charge is 0.480 e. The topological polar surface area (TPSA) is 71.4 Å². The normalized spacial score (nSPS) is 13.2. The van der Waals surface area contributed by atoms with Gasteiger partial charge >= 0.3 is 5.97 Å². The van der Waals surface area contributed by atoms with Crippen LogP contribution in [0.4, 0.5) is 0 Å². The van der Waals surface area contributed by atoms with E-state index in [1.54, 1.807) is 31.2 Å². The Bertz CT molecular complexity index is 525. The number of aliphatic carboxylic acids is 1. The number of carbonyl (C=O) groups is 1. The molecule has 1 N–H and O–H groups in total. The van der Waals surface area contributed by atoms with Crippen LogP contribution in [0.3, 0.4) is 0 Å². The summed E-state index contributed by atoms with van der Waals surface area (Å²) in [6, 6.07) is 6.43. The Balaban J connectivity index is 2.61. The summed E-state index contributed by atoms with van der Waals surface area (Å²) >= 11 is 4.41. The number of sulfone groups is 1. The van der Waals surface area contributed by atoms with Gasteiger partial charge in [-0.1, -0.05) is 22.9 Å². The first-order valence-electron chi connectivity index (χ1n) is 5.69. The molecule has 1 atom stereocenters. The zero-order chi connectivity index (χ0) is 14.5. The Morgan fingerprint density at radius 2 is 1.95 bits per heavy atom. The molecule has 0 aliphatic rings. The lowest BCUT2D eigenvalue weighted by molar-refractivity contribution is -0.136. The molecule has 1 aromatic carbocycles. The van der Waals surface area contributed by atoms with E-state index in [4.69, 9.17) is 5.11 Å². The van der Waals surface area contributed by atoms with Crippen molar-refractivity contribution in [3.63, 3.8) is 0 Å². The molecule has 0 saturated heterocycles. The molecular formula is C12H15BrO4S2. The van der Waals surface area contributed by atoms with Crippen molar-refractivity contribution in [3.8, 4) is 0 Å². The summed E-state index contributed by atoms with van der Waals surface area (Å²) in [5.41, 5.74) is 0. The fraction of sp³-hybridized carbons (Fsp3) is 0.417. The molecule has 1 unspecified atom stereocenters. The third kappa shape index (κ3) is 5.16. The van der Waals surface area contributed by atoms with E-state index in [1.165, 1.54) is 11.8 Å². The minimum Gasteiger partial charge on any atom is -0.480 e.